The first-order chi connectivity index (χ1) is 7.66. The fourth-order valence-electron chi connectivity index (χ4n) is 2.54. The Bertz CT molecular complexity index is 276. The lowest BCUT2D eigenvalue weighted by Crippen LogP contribution is -2.57. The molecule has 16 heavy (non-hydrogen) atoms. The van der Waals surface area contributed by atoms with Gasteiger partial charge in [-0.05, 0) is 19.8 Å². The van der Waals surface area contributed by atoms with Crippen molar-refractivity contribution in [1.82, 2.24) is 4.90 Å². The third-order valence-corrected chi connectivity index (χ3v) is 3.59. The molecular weight excluding hydrogens is 202 g/mol. The number of esters is 1. The molecule has 0 aromatic heterocycles. The normalized spacial score (nSPS) is 23.8. The molecule has 0 N–H and O–H groups in total. The van der Waals surface area contributed by atoms with Crippen LogP contribution in [0.5, 0.6) is 0 Å². The molecule has 0 aromatic carbocycles. The van der Waals surface area contributed by atoms with Crippen LogP contribution in [0.4, 0.5) is 0 Å². The van der Waals surface area contributed by atoms with Gasteiger partial charge in [-0.2, -0.15) is 0 Å². The Balaban J connectivity index is 1.69. The minimum atomic E-state index is -0.242. The topological polar surface area (TPSA) is 29.5 Å². The van der Waals surface area contributed by atoms with Gasteiger partial charge >= 0.3 is 5.97 Å². The van der Waals surface area contributed by atoms with Crippen molar-refractivity contribution >= 4 is 5.97 Å². The summed E-state index contributed by atoms with van der Waals surface area (Å²) in [6.45, 7) is 7.12. The SMILES string of the molecule is C=C(C)C(=O)OC1CN(C2CCCCC2)C1. The van der Waals surface area contributed by atoms with E-state index in [1.54, 1.807) is 6.92 Å². The first-order valence-corrected chi connectivity index (χ1v) is 6.27. The Hall–Kier alpha value is -0.830. The van der Waals surface area contributed by atoms with E-state index in [9.17, 15) is 4.79 Å². The van der Waals surface area contributed by atoms with Crippen molar-refractivity contribution in [2.45, 2.75) is 51.2 Å². The predicted octanol–water partition coefficient (Wildman–Crippen LogP) is 2.12. The Labute approximate surface area is 97.5 Å². The minimum Gasteiger partial charge on any atom is -0.456 e. The van der Waals surface area contributed by atoms with Crippen LogP contribution in [0.3, 0.4) is 0 Å². The Morgan fingerprint density at radius 1 is 1.25 bits per heavy atom. The van der Waals surface area contributed by atoms with Crippen LogP contribution in [-0.2, 0) is 9.53 Å². The molecule has 90 valence electrons. The molecule has 3 heteroatoms. The summed E-state index contributed by atoms with van der Waals surface area (Å²) in [5, 5.41) is 0. The lowest BCUT2D eigenvalue weighted by atomic mass is 9.92. The number of carbonyl (C=O) groups excluding carboxylic acids is 1. The van der Waals surface area contributed by atoms with Crippen molar-refractivity contribution in [3.05, 3.63) is 12.2 Å². The second-order valence-corrected chi connectivity index (χ2v) is 5.05. The maximum absolute atomic E-state index is 11.3. The first kappa shape index (κ1) is 11.6. The van der Waals surface area contributed by atoms with Crippen LogP contribution in [0.15, 0.2) is 12.2 Å². The van der Waals surface area contributed by atoms with Crippen molar-refractivity contribution in [1.29, 1.82) is 0 Å². The third-order valence-electron chi connectivity index (χ3n) is 3.59. The third kappa shape index (κ3) is 2.64. The molecule has 1 aliphatic carbocycles. The van der Waals surface area contributed by atoms with E-state index in [-0.39, 0.29) is 12.1 Å². The average Bonchev–Trinajstić information content (AvgIpc) is 2.23. The van der Waals surface area contributed by atoms with Gasteiger partial charge in [-0.25, -0.2) is 4.79 Å². The smallest absolute Gasteiger partial charge is 0.333 e. The number of hydrogen-bond acceptors (Lipinski definition) is 3. The van der Waals surface area contributed by atoms with Gasteiger partial charge in [0.2, 0.25) is 0 Å². The lowest BCUT2D eigenvalue weighted by Gasteiger charge is -2.44. The molecule has 1 saturated heterocycles. The zero-order chi connectivity index (χ0) is 11.5. The van der Waals surface area contributed by atoms with Crippen LogP contribution in [-0.4, -0.2) is 36.1 Å². The van der Waals surface area contributed by atoms with E-state index >= 15 is 0 Å². The molecule has 1 heterocycles. The van der Waals surface area contributed by atoms with Gasteiger partial charge < -0.3 is 4.74 Å². The zero-order valence-electron chi connectivity index (χ0n) is 10.1. The van der Waals surface area contributed by atoms with Gasteiger partial charge in [-0.3, -0.25) is 4.90 Å². The molecule has 2 fully saturated rings. The van der Waals surface area contributed by atoms with Gasteiger partial charge in [0.05, 0.1) is 0 Å². The molecule has 0 radical (unpaired) electrons. The van der Waals surface area contributed by atoms with Crippen LogP contribution in [0.2, 0.25) is 0 Å². The number of carbonyl (C=O) groups is 1. The van der Waals surface area contributed by atoms with Crippen molar-refractivity contribution < 1.29 is 9.53 Å². The standard InChI is InChI=1S/C13H21NO2/c1-10(2)13(15)16-12-8-14(9-12)11-6-4-3-5-7-11/h11-12H,1,3-9H2,2H3. The highest BCUT2D eigenvalue weighted by Gasteiger charge is 2.35. The Morgan fingerprint density at radius 3 is 2.44 bits per heavy atom. The fraction of sp³-hybridized carbons (Fsp3) is 0.769. The van der Waals surface area contributed by atoms with Gasteiger partial charge in [0.1, 0.15) is 6.10 Å². The number of hydrogen-bond donors (Lipinski definition) is 0. The highest BCUT2D eigenvalue weighted by Crippen LogP contribution is 2.27. The van der Waals surface area contributed by atoms with Gasteiger partial charge in [-0.1, -0.05) is 25.8 Å². The second kappa shape index (κ2) is 5.00. The maximum atomic E-state index is 11.3. The van der Waals surface area contributed by atoms with Gasteiger partial charge in [0.15, 0.2) is 0 Å². The largest absolute Gasteiger partial charge is 0.456 e. The summed E-state index contributed by atoms with van der Waals surface area (Å²) in [6, 6.07) is 0.744. The summed E-state index contributed by atoms with van der Waals surface area (Å²) in [5.41, 5.74) is 0.496. The van der Waals surface area contributed by atoms with E-state index in [0.717, 1.165) is 19.1 Å². The highest BCUT2D eigenvalue weighted by molar-refractivity contribution is 5.87. The molecule has 0 bridgehead atoms. The van der Waals surface area contributed by atoms with E-state index in [1.165, 1.54) is 32.1 Å². The molecular formula is C13H21NO2. The van der Waals surface area contributed by atoms with Crippen molar-refractivity contribution in [2.24, 2.45) is 0 Å². The molecule has 1 saturated carbocycles. The minimum absolute atomic E-state index is 0.103. The van der Waals surface area contributed by atoms with Gasteiger partial charge in [0, 0.05) is 24.7 Å². The molecule has 0 spiro atoms. The molecule has 0 aromatic rings. The lowest BCUT2D eigenvalue weighted by molar-refractivity contribution is -0.154. The van der Waals surface area contributed by atoms with E-state index in [2.05, 4.69) is 11.5 Å². The number of nitrogens with zero attached hydrogens (tertiary/aromatic N) is 1. The Morgan fingerprint density at radius 2 is 1.88 bits per heavy atom. The molecule has 3 nitrogen and oxygen atoms in total. The monoisotopic (exact) mass is 223 g/mol. The van der Waals surface area contributed by atoms with Crippen molar-refractivity contribution in [2.75, 3.05) is 13.1 Å². The highest BCUT2D eigenvalue weighted by atomic mass is 16.5. The fourth-order valence-corrected chi connectivity index (χ4v) is 2.54. The summed E-state index contributed by atoms with van der Waals surface area (Å²) in [4.78, 5) is 13.7. The number of rotatable bonds is 3. The van der Waals surface area contributed by atoms with Crippen LogP contribution in [0, 0.1) is 0 Å². The molecule has 1 aliphatic heterocycles. The molecule has 0 atom stereocenters. The van der Waals surface area contributed by atoms with E-state index in [4.69, 9.17) is 4.74 Å². The molecule has 0 amide bonds. The van der Waals surface area contributed by atoms with Crippen molar-refractivity contribution in [3.8, 4) is 0 Å². The quantitative estimate of drug-likeness (QED) is 0.542. The van der Waals surface area contributed by atoms with Crippen LogP contribution in [0.1, 0.15) is 39.0 Å². The average molecular weight is 223 g/mol. The summed E-state index contributed by atoms with van der Waals surface area (Å²) in [7, 11) is 0. The van der Waals surface area contributed by atoms with E-state index in [0.29, 0.717) is 5.57 Å². The van der Waals surface area contributed by atoms with E-state index in [1.807, 2.05) is 0 Å². The van der Waals surface area contributed by atoms with Gasteiger partial charge in [0.25, 0.3) is 0 Å². The summed E-state index contributed by atoms with van der Waals surface area (Å²) < 4.78 is 5.29. The predicted molar refractivity (Wildman–Crippen MR) is 63.1 cm³/mol. The Kier molecular flexibility index (Phi) is 3.64. The van der Waals surface area contributed by atoms with Gasteiger partial charge in [-0.15, -0.1) is 0 Å². The summed E-state index contributed by atoms with van der Waals surface area (Å²) in [5.74, 6) is -0.242. The zero-order valence-corrected chi connectivity index (χ0v) is 10.1. The number of ether oxygens (including phenoxy) is 1. The summed E-state index contributed by atoms with van der Waals surface area (Å²) >= 11 is 0. The second-order valence-electron chi connectivity index (χ2n) is 5.05. The van der Waals surface area contributed by atoms with E-state index < -0.39 is 0 Å². The van der Waals surface area contributed by atoms with Crippen LogP contribution in [0.25, 0.3) is 0 Å². The van der Waals surface area contributed by atoms with Crippen LogP contribution >= 0.6 is 0 Å². The number of likely N-dealkylation sites (tertiary alicyclic amines) is 1. The molecule has 0 unspecified atom stereocenters. The molecule has 2 rings (SSSR count). The van der Waals surface area contributed by atoms with Crippen molar-refractivity contribution in [3.63, 3.8) is 0 Å². The first-order valence-electron chi connectivity index (χ1n) is 6.27. The molecule has 2 aliphatic rings. The maximum Gasteiger partial charge on any atom is 0.333 e. The summed E-state index contributed by atoms with van der Waals surface area (Å²) in [6.07, 6.45) is 6.85. The van der Waals surface area contributed by atoms with Crippen LogP contribution < -0.4 is 0 Å².